The Balaban J connectivity index is 0.00000204. The Hall–Kier alpha value is -3.06. The maximum atomic E-state index is 13.0. The van der Waals surface area contributed by atoms with E-state index in [0.29, 0.717) is 12.5 Å². The number of aliphatic hydroxyl groups is 1. The molecule has 0 fully saturated rings. The van der Waals surface area contributed by atoms with Crippen molar-refractivity contribution in [2.45, 2.75) is 25.0 Å². The van der Waals surface area contributed by atoms with Gasteiger partial charge in [-0.2, -0.15) is 0 Å². The molecule has 6 nitrogen and oxygen atoms in total. The Labute approximate surface area is 170 Å². The number of thiophene rings is 1. The van der Waals surface area contributed by atoms with Gasteiger partial charge in [0.2, 0.25) is 0 Å². The Morgan fingerprint density at radius 2 is 1.79 bits per heavy atom. The second kappa shape index (κ2) is 11.1. The number of hydrogen-bond acceptors (Lipinski definition) is 5. The van der Waals surface area contributed by atoms with Crippen molar-refractivity contribution in [2.24, 2.45) is 0 Å². The van der Waals surface area contributed by atoms with Gasteiger partial charge in [-0.25, -0.2) is 14.3 Å². The molecule has 0 saturated carbocycles. The number of hydrogen-bond donors (Lipinski definition) is 4. The summed E-state index contributed by atoms with van der Waals surface area (Å²) < 4.78 is 26.0. The first-order valence-electron chi connectivity index (χ1n) is 8.16. The summed E-state index contributed by atoms with van der Waals surface area (Å²) in [5, 5.41) is 22.4. The van der Waals surface area contributed by atoms with E-state index in [-0.39, 0.29) is 5.56 Å². The summed E-state index contributed by atoms with van der Waals surface area (Å²) in [6.45, 7) is 6.68. The summed E-state index contributed by atoms with van der Waals surface area (Å²) in [5.41, 5.74) is -1.03. The Kier molecular flexibility index (Phi) is 9.15. The fourth-order valence-electron chi connectivity index (χ4n) is 2.07. The first-order valence-corrected chi connectivity index (χ1v) is 9.04. The van der Waals surface area contributed by atoms with Gasteiger partial charge in [-0.15, -0.1) is 24.5 Å². The number of nitrogens with one attached hydrogen (secondary N) is 2. The largest absolute Gasteiger partial charge is 0.381 e. The summed E-state index contributed by atoms with van der Waals surface area (Å²) in [4.78, 5) is 24.7. The third-order valence-electron chi connectivity index (χ3n) is 3.67. The van der Waals surface area contributed by atoms with Crippen molar-refractivity contribution in [2.75, 3.05) is 0 Å². The molecule has 9 heteroatoms. The minimum Gasteiger partial charge on any atom is -0.381 e. The topological polar surface area (TPSA) is 98.7 Å². The number of carbonyl (C=O) groups excluding carboxylic acids is 2. The number of hydroxylamine groups is 1. The van der Waals surface area contributed by atoms with Gasteiger partial charge in [-0.3, -0.25) is 14.8 Å². The van der Waals surface area contributed by atoms with E-state index in [2.05, 4.69) is 25.0 Å². The van der Waals surface area contributed by atoms with Gasteiger partial charge in [-0.05, 0) is 42.6 Å². The van der Waals surface area contributed by atoms with Crippen molar-refractivity contribution in [3.05, 3.63) is 70.9 Å². The van der Waals surface area contributed by atoms with Gasteiger partial charge >= 0.3 is 0 Å². The predicted molar refractivity (Wildman–Crippen MR) is 106 cm³/mol. The molecule has 29 heavy (non-hydrogen) atoms. The molecule has 2 aromatic rings. The van der Waals surface area contributed by atoms with Crippen molar-refractivity contribution in [3.8, 4) is 11.8 Å². The van der Waals surface area contributed by atoms with Gasteiger partial charge in [0.05, 0.1) is 4.88 Å². The second-order valence-corrected chi connectivity index (χ2v) is 6.66. The van der Waals surface area contributed by atoms with Crippen LogP contribution in [-0.2, 0) is 4.79 Å². The molecule has 0 saturated heterocycles. The van der Waals surface area contributed by atoms with E-state index in [1.165, 1.54) is 23.5 Å². The number of amides is 2. The minimum absolute atomic E-state index is 0.0671. The summed E-state index contributed by atoms with van der Waals surface area (Å²) in [7, 11) is 0. The van der Waals surface area contributed by atoms with E-state index in [0.717, 1.165) is 10.4 Å². The third-order valence-corrected chi connectivity index (χ3v) is 4.46. The van der Waals surface area contributed by atoms with Crippen LogP contribution in [0.4, 0.5) is 8.78 Å². The lowest BCUT2D eigenvalue weighted by Crippen LogP contribution is -2.61. The molecule has 4 N–H and O–H groups in total. The SMILES string of the molecule is C=C.CC(O)(C(F)F)C(NC(=O)c1ccc(C#Cc2cccs2)cc1)C(=O)NO. The molecular formula is C20H20F2N2O4S. The van der Waals surface area contributed by atoms with E-state index in [1.54, 1.807) is 12.1 Å². The van der Waals surface area contributed by atoms with Crippen LogP contribution < -0.4 is 10.8 Å². The highest BCUT2D eigenvalue weighted by Crippen LogP contribution is 2.20. The Morgan fingerprint density at radius 1 is 1.17 bits per heavy atom. The van der Waals surface area contributed by atoms with Gasteiger partial charge < -0.3 is 10.4 Å². The molecule has 2 unspecified atom stereocenters. The fourth-order valence-corrected chi connectivity index (χ4v) is 2.64. The van der Waals surface area contributed by atoms with Crippen LogP contribution in [0.1, 0.15) is 27.7 Å². The number of halogens is 2. The zero-order valence-electron chi connectivity index (χ0n) is 15.5. The lowest BCUT2D eigenvalue weighted by Gasteiger charge is -2.30. The number of rotatable bonds is 5. The zero-order valence-corrected chi connectivity index (χ0v) is 16.3. The van der Waals surface area contributed by atoms with E-state index in [4.69, 9.17) is 5.21 Å². The molecule has 0 spiro atoms. The summed E-state index contributed by atoms with van der Waals surface area (Å²) in [5.74, 6) is 3.62. The summed E-state index contributed by atoms with van der Waals surface area (Å²) in [6.07, 6.45) is -3.34. The number of alkyl halides is 2. The molecule has 2 amide bonds. The van der Waals surface area contributed by atoms with Gasteiger partial charge in [-0.1, -0.05) is 17.9 Å². The van der Waals surface area contributed by atoms with Crippen LogP contribution in [0.2, 0.25) is 0 Å². The van der Waals surface area contributed by atoms with E-state index in [1.807, 2.05) is 22.8 Å². The van der Waals surface area contributed by atoms with Gasteiger partial charge in [0.25, 0.3) is 18.2 Å². The van der Waals surface area contributed by atoms with Crippen LogP contribution >= 0.6 is 11.3 Å². The van der Waals surface area contributed by atoms with Crippen LogP contribution in [0.25, 0.3) is 0 Å². The van der Waals surface area contributed by atoms with Crippen molar-refractivity contribution in [1.29, 1.82) is 0 Å². The van der Waals surface area contributed by atoms with Crippen molar-refractivity contribution < 1.29 is 28.7 Å². The minimum atomic E-state index is -3.34. The zero-order chi connectivity index (χ0) is 22.0. The highest BCUT2D eigenvalue weighted by atomic mass is 32.1. The van der Waals surface area contributed by atoms with Crippen LogP contribution in [0, 0.1) is 11.8 Å². The molecule has 154 valence electrons. The lowest BCUT2D eigenvalue weighted by atomic mass is 9.95. The molecule has 0 aliphatic carbocycles. The monoisotopic (exact) mass is 422 g/mol. The van der Waals surface area contributed by atoms with Gasteiger partial charge in [0.15, 0.2) is 5.60 Å². The average molecular weight is 422 g/mol. The predicted octanol–water partition coefficient (Wildman–Crippen LogP) is 2.57. The number of carbonyl (C=O) groups is 2. The van der Waals surface area contributed by atoms with Crippen LogP contribution in [0.5, 0.6) is 0 Å². The van der Waals surface area contributed by atoms with Crippen molar-refractivity contribution in [1.82, 2.24) is 10.8 Å². The van der Waals surface area contributed by atoms with E-state index >= 15 is 0 Å². The highest BCUT2D eigenvalue weighted by Gasteiger charge is 2.46. The molecular weight excluding hydrogens is 402 g/mol. The molecule has 1 aromatic carbocycles. The molecule has 0 aliphatic rings. The van der Waals surface area contributed by atoms with Crippen LogP contribution in [-0.4, -0.2) is 40.2 Å². The van der Waals surface area contributed by atoms with Crippen molar-refractivity contribution in [3.63, 3.8) is 0 Å². The Morgan fingerprint density at radius 3 is 2.28 bits per heavy atom. The first kappa shape index (κ1) is 24.0. The van der Waals surface area contributed by atoms with Crippen molar-refractivity contribution >= 4 is 23.2 Å². The average Bonchev–Trinajstić information content (AvgIpc) is 3.25. The van der Waals surface area contributed by atoms with Gasteiger partial charge in [0.1, 0.15) is 6.04 Å². The molecule has 1 aromatic heterocycles. The van der Waals surface area contributed by atoms with Crippen LogP contribution in [0.3, 0.4) is 0 Å². The maximum absolute atomic E-state index is 13.0. The molecule has 2 atom stereocenters. The second-order valence-electron chi connectivity index (χ2n) is 5.71. The molecule has 1 heterocycles. The van der Waals surface area contributed by atoms with E-state index in [9.17, 15) is 23.5 Å². The van der Waals surface area contributed by atoms with E-state index < -0.39 is 29.9 Å². The molecule has 0 radical (unpaired) electrons. The van der Waals surface area contributed by atoms with Crippen LogP contribution in [0.15, 0.2) is 54.9 Å². The summed E-state index contributed by atoms with van der Waals surface area (Å²) in [6, 6.07) is 7.59. The van der Waals surface area contributed by atoms with Gasteiger partial charge in [0, 0.05) is 11.1 Å². The third kappa shape index (κ3) is 6.50. The summed E-state index contributed by atoms with van der Waals surface area (Å²) >= 11 is 1.49. The number of benzene rings is 1. The highest BCUT2D eigenvalue weighted by molar-refractivity contribution is 7.10. The smallest absolute Gasteiger partial charge is 0.269 e. The molecule has 2 rings (SSSR count). The quantitative estimate of drug-likeness (QED) is 0.258. The standard InChI is InChI=1S/C18H16F2N2O4S.C2H4/c1-18(25,17(19)20)14(16(24)22-26)21-15(23)12-7-4-11(5-8-12)6-9-13-3-2-10-27-13;1-2/h2-5,7-8,10,14,17,25-26H,1H3,(H,21,23)(H,22,24);1-2H2. The Bertz CT molecular complexity index is 872. The lowest BCUT2D eigenvalue weighted by molar-refractivity contribution is -0.149. The fraction of sp³-hybridized carbons (Fsp3) is 0.200. The molecule has 0 bridgehead atoms. The maximum Gasteiger partial charge on any atom is 0.269 e. The first-order chi connectivity index (χ1) is 13.8. The normalized spacial score (nSPS) is 13.0. The molecule has 0 aliphatic heterocycles.